The van der Waals surface area contributed by atoms with Crippen molar-refractivity contribution in [1.29, 1.82) is 0 Å². The third-order valence-electron chi connectivity index (χ3n) is 10.2. The van der Waals surface area contributed by atoms with Gasteiger partial charge < -0.3 is 9.47 Å². The molecule has 0 spiro atoms. The van der Waals surface area contributed by atoms with E-state index in [2.05, 4.69) is 0 Å². The standard InChI is InChI=1S/C41H40N4O8S2/c1-26-4-8-28(9-5-26)22-44-40-34-20-32(54(46,47)48)14-12-30(34)18-36(40)38(42-44)24-52-16-3-17-53-25-39-37-19-31-13-15-33(55(49,50)51)21-35(31)41(37)45(43-39)23-29-10-6-27(2)7-11-29/h4-15,20-21H,3,16-19,22-25H2,1-2H3,(H,46,47,48)(H,49,50,51). The lowest BCUT2D eigenvalue weighted by molar-refractivity contribution is 0.0667. The summed E-state index contributed by atoms with van der Waals surface area (Å²) >= 11 is 0. The predicted octanol–water partition coefficient (Wildman–Crippen LogP) is 6.55. The fourth-order valence-corrected chi connectivity index (χ4v) is 8.44. The molecule has 2 aliphatic carbocycles. The van der Waals surface area contributed by atoms with Crippen LogP contribution in [0, 0.1) is 13.8 Å². The Morgan fingerprint density at radius 3 is 1.38 bits per heavy atom. The van der Waals surface area contributed by atoms with Crippen molar-refractivity contribution >= 4 is 20.2 Å². The van der Waals surface area contributed by atoms with Crippen LogP contribution >= 0.6 is 0 Å². The Morgan fingerprint density at radius 1 is 0.600 bits per heavy atom. The average Bonchev–Trinajstić information content (AvgIpc) is 3.89. The second-order valence-corrected chi connectivity index (χ2v) is 17.1. The maximum atomic E-state index is 12.0. The van der Waals surface area contributed by atoms with Crippen LogP contribution in [0.4, 0.5) is 0 Å². The summed E-state index contributed by atoms with van der Waals surface area (Å²) in [4.78, 5) is -0.308. The SMILES string of the molecule is Cc1ccc(Cn2nc(COCCCOCc3nn(Cc4ccc(C)cc4)c4c3Cc3ccc(S(=O)(=O)O)cc3-4)c3c2-c2cc(S(=O)(=O)O)ccc2C3)cc1. The van der Waals surface area contributed by atoms with Gasteiger partial charge in [0.25, 0.3) is 20.2 Å². The van der Waals surface area contributed by atoms with Crippen molar-refractivity contribution in [2.75, 3.05) is 13.2 Å². The minimum absolute atomic E-state index is 0.154. The van der Waals surface area contributed by atoms with Crippen molar-refractivity contribution < 1.29 is 35.4 Å². The van der Waals surface area contributed by atoms with Crippen LogP contribution in [0.1, 0.15) is 62.3 Å². The highest BCUT2D eigenvalue weighted by atomic mass is 32.2. The number of aryl methyl sites for hydroxylation is 2. The molecule has 0 amide bonds. The van der Waals surface area contributed by atoms with E-state index in [4.69, 9.17) is 19.7 Å². The van der Waals surface area contributed by atoms with Crippen LogP contribution < -0.4 is 0 Å². The van der Waals surface area contributed by atoms with Crippen molar-refractivity contribution in [3.8, 4) is 22.5 Å². The van der Waals surface area contributed by atoms with Crippen molar-refractivity contribution in [2.24, 2.45) is 0 Å². The minimum atomic E-state index is -4.37. The fourth-order valence-electron chi connectivity index (χ4n) is 7.43. The second kappa shape index (κ2) is 14.6. The molecule has 12 nitrogen and oxygen atoms in total. The molecular weight excluding hydrogens is 741 g/mol. The summed E-state index contributed by atoms with van der Waals surface area (Å²) in [6.45, 7) is 6.41. The second-order valence-electron chi connectivity index (χ2n) is 14.2. The molecule has 0 saturated carbocycles. The summed E-state index contributed by atoms with van der Waals surface area (Å²) in [5, 5.41) is 9.82. The zero-order valence-electron chi connectivity index (χ0n) is 30.4. The number of hydrogen-bond acceptors (Lipinski definition) is 8. The van der Waals surface area contributed by atoms with Gasteiger partial charge in [0.15, 0.2) is 0 Å². The van der Waals surface area contributed by atoms with Gasteiger partial charge in [0, 0.05) is 48.3 Å². The highest BCUT2D eigenvalue weighted by molar-refractivity contribution is 7.86. The average molecular weight is 781 g/mol. The topological polar surface area (TPSA) is 163 Å². The first kappa shape index (κ1) is 37.0. The van der Waals surface area contributed by atoms with Crippen LogP contribution in [-0.2, 0) is 68.9 Å². The highest BCUT2D eigenvalue weighted by Crippen LogP contribution is 2.41. The Bertz CT molecular complexity index is 2460. The van der Waals surface area contributed by atoms with Gasteiger partial charge in [-0.15, -0.1) is 0 Å². The quantitative estimate of drug-likeness (QED) is 0.0914. The van der Waals surface area contributed by atoms with Gasteiger partial charge in [-0.2, -0.15) is 27.0 Å². The first-order valence-corrected chi connectivity index (χ1v) is 20.8. The molecule has 0 saturated heterocycles. The van der Waals surface area contributed by atoms with E-state index < -0.39 is 20.2 Å². The van der Waals surface area contributed by atoms with E-state index >= 15 is 0 Å². The molecule has 0 aliphatic heterocycles. The maximum absolute atomic E-state index is 12.0. The van der Waals surface area contributed by atoms with Gasteiger partial charge in [-0.05, 0) is 66.8 Å². The Morgan fingerprint density at radius 2 is 1.00 bits per heavy atom. The molecular formula is C41H40N4O8S2. The van der Waals surface area contributed by atoms with Crippen LogP contribution in [-0.4, -0.2) is 58.7 Å². The number of hydrogen-bond donors (Lipinski definition) is 2. The summed E-state index contributed by atoms with van der Waals surface area (Å²) in [5.41, 5.74) is 13.0. The number of nitrogens with zero attached hydrogens (tertiary/aromatic N) is 4. The third-order valence-corrected chi connectivity index (χ3v) is 11.9. The lowest BCUT2D eigenvalue weighted by atomic mass is 10.1. The van der Waals surface area contributed by atoms with Crippen molar-refractivity contribution in [3.05, 3.63) is 141 Å². The molecule has 14 heteroatoms. The summed E-state index contributed by atoms with van der Waals surface area (Å²) in [6, 6.07) is 25.7. The van der Waals surface area contributed by atoms with Crippen molar-refractivity contribution in [2.45, 2.75) is 69.2 Å². The number of fused-ring (bicyclic) bond motifs is 6. The molecule has 284 valence electrons. The van der Waals surface area contributed by atoms with Crippen LogP contribution in [0.3, 0.4) is 0 Å². The normalized spacial score (nSPS) is 13.2. The zero-order valence-corrected chi connectivity index (χ0v) is 32.0. The predicted molar refractivity (Wildman–Crippen MR) is 205 cm³/mol. The summed E-state index contributed by atoms with van der Waals surface area (Å²) in [6.07, 6.45) is 1.77. The first-order valence-electron chi connectivity index (χ1n) is 18.0. The smallest absolute Gasteiger partial charge is 0.294 e. The summed E-state index contributed by atoms with van der Waals surface area (Å²) in [7, 11) is -8.75. The lowest BCUT2D eigenvalue weighted by Crippen LogP contribution is -2.07. The van der Waals surface area contributed by atoms with Gasteiger partial charge >= 0.3 is 0 Å². The molecule has 2 heterocycles. The van der Waals surface area contributed by atoms with E-state index in [0.29, 0.717) is 45.6 Å². The summed E-state index contributed by atoms with van der Waals surface area (Å²) < 4.78 is 83.4. The Kier molecular flexibility index (Phi) is 9.82. The molecule has 8 rings (SSSR count). The maximum Gasteiger partial charge on any atom is 0.294 e. The molecule has 2 N–H and O–H groups in total. The van der Waals surface area contributed by atoms with Crippen molar-refractivity contribution in [1.82, 2.24) is 19.6 Å². The molecule has 0 unspecified atom stereocenters. The van der Waals surface area contributed by atoms with Crippen molar-refractivity contribution in [3.63, 3.8) is 0 Å². The molecule has 2 aromatic heterocycles. The van der Waals surface area contributed by atoms with Gasteiger partial charge in [-0.3, -0.25) is 18.5 Å². The van der Waals surface area contributed by atoms with Gasteiger partial charge in [0.2, 0.25) is 0 Å². The Labute approximate surface area is 319 Å². The largest absolute Gasteiger partial charge is 0.375 e. The number of aromatic nitrogens is 4. The first-order chi connectivity index (χ1) is 26.3. The number of benzene rings is 4. The van der Waals surface area contributed by atoms with Crippen LogP contribution in [0.25, 0.3) is 22.5 Å². The molecule has 55 heavy (non-hydrogen) atoms. The Balaban J connectivity index is 0.936. The van der Waals surface area contributed by atoms with E-state index in [9.17, 15) is 25.9 Å². The number of ether oxygens (including phenoxy) is 2. The van der Waals surface area contributed by atoms with Gasteiger partial charge in [0.05, 0.1) is 58.9 Å². The molecule has 0 atom stereocenters. The highest BCUT2D eigenvalue weighted by Gasteiger charge is 2.31. The lowest BCUT2D eigenvalue weighted by Gasteiger charge is -2.10. The molecule has 0 bridgehead atoms. The monoisotopic (exact) mass is 780 g/mol. The van der Waals surface area contributed by atoms with Crippen LogP contribution in [0.2, 0.25) is 0 Å². The van der Waals surface area contributed by atoms with Crippen LogP contribution in [0.5, 0.6) is 0 Å². The van der Waals surface area contributed by atoms with Gasteiger partial charge in [-0.25, -0.2) is 0 Å². The fraction of sp³-hybridized carbons (Fsp3) is 0.268. The minimum Gasteiger partial charge on any atom is -0.375 e. The molecule has 0 fully saturated rings. The van der Waals surface area contributed by atoms with E-state index in [1.807, 2.05) is 71.7 Å². The third kappa shape index (κ3) is 7.66. The zero-order chi connectivity index (χ0) is 38.5. The molecule has 0 radical (unpaired) electrons. The van der Waals surface area contributed by atoms with E-state index in [1.165, 1.54) is 24.3 Å². The van der Waals surface area contributed by atoms with Gasteiger partial charge in [-0.1, -0.05) is 71.8 Å². The van der Waals surface area contributed by atoms with Gasteiger partial charge in [0.1, 0.15) is 0 Å². The molecule has 4 aromatic carbocycles. The Hall–Kier alpha value is -4.96. The molecule has 6 aromatic rings. The van der Waals surface area contributed by atoms with Crippen LogP contribution in [0.15, 0.2) is 94.7 Å². The molecule has 2 aliphatic rings. The van der Waals surface area contributed by atoms with E-state index in [1.54, 1.807) is 12.1 Å². The van der Waals surface area contributed by atoms with E-state index in [0.717, 1.165) is 78.4 Å². The van der Waals surface area contributed by atoms with E-state index in [-0.39, 0.29) is 23.0 Å². The summed E-state index contributed by atoms with van der Waals surface area (Å²) in [5.74, 6) is 0. The number of rotatable bonds is 14.